The van der Waals surface area contributed by atoms with E-state index in [9.17, 15) is 19.0 Å². The SMILES string of the molecule is CC(=O)NCCCC(=O)c1cc2c(cc1F)COB2O. The third-order valence-corrected chi connectivity index (χ3v) is 3.15. The first-order valence-corrected chi connectivity index (χ1v) is 6.38. The van der Waals surface area contributed by atoms with Crippen LogP contribution >= 0.6 is 0 Å². The Bertz CT molecular complexity index is 549. The molecule has 1 aliphatic rings. The molecule has 0 radical (unpaired) electrons. The number of ketones is 1. The second-order valence-electron chi connectivity index (χ2n) is 4.70. The Hall–Kier alpha value is -1.73. The summed E-state index contributed by atoms with van der Waals surface area (Å²) >= 11 is 0. The Morgan fingerprint density at radius 1 is 1.50 bits per heavy atom. The van der Waals surface area contributed by atoms with Crippen molar-refractivity contribution in [3.05, 3.63) is 29.1 Å². The lowest BCUT2D eigenvalue weighted by atomic mass is 9.78. The highest BCUT2D eigenvalue weighted by molar-refractivity contribution is 6.61. The van der Waals surface area contributed by atoms with Gasteiger partial charge in [-0.2, -0.15) is 0 Å². The molecule has 0 atom stereocenters. The Labute approximate surface area is 116 Å². The van der Waals surface area contributed by atoms with Gasteiger partial charge in [-0.15, -0.1) is 0 Å². The Morgan fingerprint density at radius 2 is 2.25 bits per heavy atom. The van der Waals surface area contributed by atoms with Crippen molar-refractivity contribution in [1.29, 1.82) is 0 Å². The minimum Gasteiger partial charge on any atom is -0.423 e. The third-order valence-electron chi connectivity index (χ3n) is 3.15. The van der Waals surface area contributed by atoms with Gasteiger partial charge in [0.25, 0.3) is 0 Å². The third kappa shape index (κ3) is 3.23. The van der Waals surface area contributed by atoms with Crippen LogP contribution in [0.4, 0.5) is 4.39 Å². The highest BCUT2D eigenvalue weighted by Gasteiger charge is 2.29. The van der Waals surface area contributed by atoms with Gasteiger partial charge in [-0.3, -0.25) is 9.59 Å². The number of fused-ring (bicyclic) bond motifs is 1. The van der Waals surface area contributed by atoms with E-state index in [1.54, 1.807) is 0 Å². The fourth-order valence-electron chi connectivity index (χ4n) is 2.11. The van der Waals surface area contributed by atoms with E-state index in [2.05, 4.69) is 5.32 Å². The molecule has 2 N–H and O–H groups in total. The standard InChI is InChI=1S/C13H15BFNO4/c1-8(17)16-4-2-3-13(18)10-6-11-9(5-12(10)15)7-20-14(11)19/h5-6,19H,2-4,7H2,1H3,(H,16,17). The van der Waals surface area contributed by atoms with Crippen molar-refractivity contribution < 1.29 is 23.7 Å². The molecule has 0 bridgehead atoms. The molecule has 0 fully saturated rings. The van der Waals surface area contributed by atoms with Gasteiger partial charge in [0.1, 0.15) is 5.82 Å². The van der Waals surface area contributed by atoms with Gasteiger partial charge in [-0.05, 0) is 29.6 Å². The molecule has 0 aromatic heterocycles. The maximum atomic E-state index is 13.8. The van der Waals surface area contributed by atoms with Gasteiger partial charge >= 0.3 is 7.12 Å². The quantitative estimate of drug-likeness (QED) is 0.457. The van der Waals surface area contributed by atoms with Crippen molar-refractivity contribution in [3.63, 3.8) is 0 Å². The summed E-state index contributed by atoms with van der Waals surface area (Å²) in [6.45, 7) is 1.91. The summed E-state index contributed by atoms with van der Waals surface area (Å²) in [6, 6.07) is 2.58. The first-order valence-electron chi connectivity index (χ1n) is 6.38. The fourth-order valence-corrected chi connectivity index (χ4v) is 2.11. The van der Waals surface area contributed by atoms with Crippen LogP contribution in [0.25, 0.3) is 0 Å². The van der Waals surface area contributed by atoms with Gasteiger partial charge in [-0.25, -0.2) is 4.39 Å². The van der Waals surface area contributed by atoms with Crippen molar-refractivity contribution in [2.45, 2.75) is 26.4 Å². The number of benzene rings is 1. The van der Waals surface area contributed by atoms with Crippen molar-refractivity contribution in [3.8, 4) is 0 Å². The molecular weight excluding hydrogens is 264 g/mol. The zero-order valence-corrected chi connectivity index (χ0v) is 11.1. The van der Waals surface area contributed by atoms with E-state index < -0.39 is 12.9 Å². The maximum absolute atomic E-state index is 13.8. The van der Waals surface area contributed by atoms with E-state index in [1.807, 2.05) is 0 Å². The van der Waals surface area contributed by atoms with Gasteiger partial charge in [0.05, 0.1) is 12.2 Å². The molecule has 7 heteroatoms. The van der Waals surface area contributed by atoms with Crippen LogP contribution in [0.15, 0.2) is 12.1 Å². The summed E-state index contributed by atoms with van der Waals surface area (Å²) in [7, 11) is -1.10. The Balaban J connectivity index is 2.03. The second kappa shape index (κ2) is 6.15. The average Bonchev–Trinajstić information content (AvgIpc) is 2.74. The molecule has 0 spiro atoms. The second-order valence-corrected chi connectivity index (χ2v) is 4.70. The molecule has 1 aliphatic heterocycles. The number of halogens is 1. The van der Waals surface area contributed by atoms with E-state index in [0.29, 0.717) is 24.0 Å². The number of rotatable bonds is 5. The van der Waals surface area contributed by atoms with Crippen LogP contribution in [-0.4, -0.2) is 30.4 Å². The van der Waals surface area contributed by atoms with Gasteiger partial charge in [-0.1, -0.05) is 0 Å². The summed E-state index contributed by atoms with van der Waals surface area (Å²) in [4.78, 5) is 22.6. The molecule has 1 heterocycles. The van der Waals surface area contributed by atoms with Crippen LogP contribution in [0.2, 0.25) is 0 Å². The van der Waals surface area contributed by atoms with Gasteiger partial charge < -0.3 is 15.0 Å². The number of nitrogens with one attached hydrogen (secondary N) is 1. The first-order chi connectivity index (χ1) is 9.49. The molecule has 20 heavy (non-hydrogen) atoms. The first kappa shape index (κ1) is 14.7. The number of Topliss-reactive ketones (excluding diaryl/α,β-unsaturated/α-hetero) is 1. The number of hydrogen-bond acceptors (Lipinski definition) is 4. The largest absolute Gasteiger partial charge is 0.491 e. The molecule has 0 saturated carbocycles. The van der Waals surface area contributed by atoms with E-state index in [0.717, 1.165) is 0 Å². The summed E-state index contributed by atoms with van der Waals surface area (Å²) in [6.07, 6.45) is 0.570. The van der Waals surface area contributed by atoms with E-state index >= 15 is 0 Å². The lowest BCUT2D eigenvalue weighted by molar-refractivity contribution is -0.118. The number of carbonyl (C=O) groups is 2. The van der Waals surface area contributed by atoms with Crippen LogP contribution in [0.3, 0.4) is 0 Å². The smallest absolute Gasteiger partial charge is 0.423 e. The van der Waals surface area contributed by atoms with Gasteiger partial charge in [0.15, 0.2) is 5.78 Å². The summed E-state index contributed by atoms with van der Waals surface area (Å²) in [5.41, 5.74) is 0.956. The number of carbonyl (C=O) groups excluding carboxylic acids is 2. The highest BCUT2D eigenvalue weighted by atomic mass is 19.1. The normalized spacial score (nSPS) is 13.2. The highest BCUT2D eigenvalue weighted by Crippen LogP contribution is 2.17. The van der Waals surface area contributed by atoms with Crippen molar-refractivity contribution in [1.82, 2.24) is 5.32 Å². The lowest BCUT2D eigenvalue weighted by Gasteiger charge is -2.06. The van der Waals surface area contributed by atoms with Crippen molar-refractivity contribution >= 4 is 24.3 Å². The predicted octanol–water partition coefficient (Wildman–Crippen LogP) is 0.142. The molecule has 0 unspecified atom stereocenters. The molecule has 5 nitrogen and oxygen atoms in total. The van der Waals surface area contributed by atoms with Gasteiger partial charge in [0.2, 0.25) is 5.91 Å². The molecule has 106 valence electrons. The monoisotopic (exact) mass is 279 g/mol. The Morgan fingerprint density at radius 3 is 2.95 bits per heavy atom. The molecule has 0 saturated heterocycles. The molecule has 1 aromatic rings. The van der Waals surface area contributed by atoms with E-state index in [4.69, 9.17) is 4.65 Å². The molecule has 0 aliphatic carbocycles. The minimum atomic E-state index is -1.10. The van der Waals surface area contributed by atoms with E-state index in [1.165, 1.54) is 19.1 Å². The van der Waals surface area contributed by atoms with Crippen molar-refractivity contribution in [2.75, 3.05) is 6.54 Å². The van der Waals surface area contributed by atoms with Crippen LogP contribution in [-0.2, 0) is 16.1 Å². The maximum Gasteiger partial charge on any atom is 0.491 e. The Kier molecular flexibility index (Phi) is 4.51. The number of amides is 1. The predicted molar refractivity (Wildman–Crippen MR) is 71.0 cm³/mol. The average molecular weight is 279 g/mol. The van der Waals surface area contributed by atoms with Crippen LogP contribution in [0.5, 0.6) is 0 Å². The molecule has 1 amide bonds. The van der Waals surface area contributed by atoms with Crippen molar-refractivity contribution in [2.24, 2.45) is 0 Å². The molecule has 1 aromatic carbocycles. The molecular formula is C13H15BFNO4. The minimum absolute atomic E-state index is 0.0453. The lowest BCUT2D eigenvalue weighted by Crippen LogP contribution is -2.29. The molecule has 2 rings (SSSR count). The zero-order chi connectivity index (χ0) is 14.7. The van der Waals surface area contributed by atoms with Crippen LogP contribution in [0.1, 0.15) is 35.7 Å². The zero-order valence-electron chi connectivity index (χ0n) is 11.1. The summed E-state index contributed by atoms with van der Waals surface area (Å²) < 4.78 is 18.8. The van der Waals surface area contributed by atoms with Crippen LogP contribution in [0, 0.1) is 5.82 Å². The summed E-state index contributed by atoms with van der Waals surface area (Å²) in [5, 5.41) is 12.1. The van der Waals surface area contributed by atoms with E-state index in [-0.39, 0.29) is 30.3 Å². The summed E-state index contributed by atoms with van der Waals surface area (Å²) in [5.74, 6) is -1.12. The topological polar surface area (TPSA) is 75.6 Å². The van der Waals surface area contributed by atoms with Crippen LogP contribution < -0.4 is 10.8 Å². The fraction of sp³-hybridized carbons (Fsp3) is 0.385. The number of hydrogen-bond donors (Lipinski definition) is 2. The van der Waals surface area contributed by atoms with Gasteiger partial charge in [0, 0.05) is 19.9 Å².